The number of esters is 3. The van der Waals surface area contributed by atoms with Gasteiger partial charge in [-0.15, -0.1) is 0 Å². The SMILES string of the molecule is CCCCCCC/C=C\C/C=C\CCCCCCCCCCCC(=O)OCC(COC(=O)CCCCCCC)OC(=O)CCCCCCCCCCC. The largest absolute Gasteiger partial charge is 0.462 e. The lowest BCUT2D eigenvalue weighted by atomic mass is 10.1. The maximum absolute atomic E-state index is 12.6. The van der Waals surface area contributed by atoms with Crippen LogP contribution in [0.2, 0.25) is 0 Å². The van der Waals surface area contributed by atoms with Gasteiger partial charge in [0.25, 0.3) is 0 Å². The van der Waals surface area contributed by atoms with Crippen molar-refractivity contribution >= 4 is 17.9 Å². The highest BCUT2D eigenvalue weighted by atomic mass is 16.6. The average Bonchev–Trinajstić information content (AvgIpc) is 3.15. The molecule has 0 saturated heterocycles. The summed E-state index contributed by atoms with van der Waals surface area (Å²) in [6, 6.07) is 0. The molecule has 0 heterocycles. The summed E-state index contributed by atoms with van der Waals surface area (Å²) < 4.78 is 16.6. The van der Waals surface area contributed by atoms with Gasteiger partial charge in [-0.25, -0.2) is 0 Å². The van der Waals surface area contributed by atoms with Crippen LogP contribution >= 0.6 is 0 Å². The first-order chi connectivity index (χ1) is 26.0. The zero-order valence-electron chi connectivity index (χ0n) is 35.3. The lowest BCUT2D eigenvalue weighted by Crippen LogP contribution is -2.30. The predicted octanol–water partition coefficient (Wildman–Crippen LogP) is 14.4. The zero-order chi connectivity index (χ0) is 38.7. The van der Waals surface area contributed by atoms with Crippen LogP contribution < -0.4 is 0 Å². The van der Waals surface area contributed by atoms with Crippen molar-refractivity contribution in [2.75, 3.05) is 13.2 Å². The van der Waals surface area contributed by atoms with Gasteiger partial charge in [-0.3, -0.25) is 14.4 Å². The van der Waals surface area contributed by atoms with Crippen molar-refractivity contribution in [3.8, 4) is 0 Å². The first-order valence-corrected chi connectivity index (χ1v) is 22.8. The van der Waals surface area contributed by atoms with E-state index in [4.69, 9.17) is 14.2 Å². The maximum Gasteiger partial charge on any atom is 0.306 e. The Hall–Kier alpha value is -2.11. The molecule has 0 aliphatic rings. The highest BCUT2D eigenvalue weighted by molar-refractivity contribution is 5.71. The highest BCUT2D eigenvalue weighted by Crippen LogP contribution is 2.14. The number of allylic oxidation sites excluding steroid dienone is 4. The molecule has 0 aromatic heterocycles. The van der Waals surface area contributed by atoms with Crippen molar-refractivity contribution in [1.29, 1.82) is 0 Å². The Kier molecular flexibility index (Phi) is 40.9. The summed E-state index contributed by atoms with van der Waals surface area (Å²) in [5.41, 5.74) is 0. The van der Waals surface area contributed by atoms with Gasteiger partial charge >= 0.3 is 17.9 Å². The molecule has 0 aliphatic heterocycles. The van der Waals surface area contributed by atoms with E-state index >= 15 is 0 Å². The van der Waals surface area contributed by atoms with Crippen molar-refractivity contribution in [2.45, 2.75) is 245 Å². The van der Waals surface area contributed by atoms with Crippen molar-refractivity contribution in [1.82, 2.24) is 0 Å². The summed E-state index contributed by atoms with van der Waals surface area (Å²) in [7, 11) is 0. The second-order valence-electron chi connectivity index (χ2n) is 15.3. The highest BCUT2D eigenvalue weighted by Gasteiger charge is 2.19. The molecule has 1 unspecified atom stereocenters. The molecule has 0 N–H and O–H groups in total. The molecule has 0 aliphatic carbocycles. The summed E-state index contributed by atoms with van der Waals surface area (Å²) in [6.07, 6.45) is 46.3. The summed E-state index contributed by atoms with van der Waals surface area (Å²) in [5.74, 6) is -0.888. The van der Waals surface area contributed by atoms with Crippen LogP contribution in [0.4, 0.5) is 0 Å². The third kappa shape index (κ3) is 40.9. The van der Waals surface area contributed by atoms with Gasteiger partial charge in [0.2, 0.25) is 0 Å². The van der Waals surface area contributed by atoms with Crippen molar-refractivity contribution in [3.05, 3.63) is 24.3 Å². The third-order valence-corrected chi connectivity index (χ3v) is 9.96. The Morgan fingerprint density at radius 1 is 0.377 bits per heavy atom. The molecule has 53 heavy (non-hydrogen) atoms. The number of carbonyl (C=O) groups excluding carboxylic acids is 3. The van der Waals surface area contributed by atoms with Gasteiger partial charge < -0.3 is 14.2 Å². The first kappa shape index (κ1) is 50.9. The topological polar surface area (TPSA) is 78.9 Å². The van der Waals surface area contributed by atoms with Crippen LogP contribution in [0.15, 0.2) is 24.3 Å². The molecule has 0 bridgehead atoms. The standard InChI is InChI=1S/C47H86O6/c1-4-7-10-13-15-17-18-19-20-21-22-23-24-25-26-27-28-30-31-34-37-40-46(49)52-43-44(42-51-45(48)39-36-33-12-9-6-3)53-47(50)41-38-35-32-29-16-14-11-8-5-2/h18-19,21-22,44H,4-17,20,23-43H2,1-3H3/b19-18-,22-21-. The van der Waals surface area contributed by atoms with E-state index in [2.05, 4.69) is 45.1 Å². The Morgan fingerprint density at radius 2 is 0.679 bits per heavy atom. The van der Waals surface area contributed by atoms with Gasteiger partial charge in [0.1, 0.15) is 13.2 Å². The molecular weight excluding hydrogens is 661 g/mol. The fraction of sp³-hybridized carbons (Fsp3) is 0.851. The van der Waals surface area contributed by atoms with Crippen LogP contribution in [0, 0.1) is 0 Å². The molecule has 0 spiro atoms. The van der Waals surface area contributed by atoms with Gasteiger partial charge in [-0.1, -0.05) is 193 Å². The minimum atomic E-state index is -0.762. The van der Waals surface area contributed by atoms with E-state index in [1.165, 1.54) is 128 Å². The van der Waals surface area contributed by atoms with Crippen LogP contribution in [0.1, 0.15) is 239 Å². The van der Waals surface area contributed by atoms with E-state index < -0.39 is 6.10 Å². The van der Waals surface area contributed by atoms with Crippen molar-refractivity contribution in [3.63, 3.8) is 0 Å². The van der Waals surface area contributed by atoms with E-state index in [1.54, 1.807) is 0 Å². The quantitative estimate of drug-likeness (QED) is 0.0268. The van der Waals surface area contributed by atoms with E-state index in [-0.39, 0.29) is 31.1 Å². The van der Waals surface area contributed by atoms with E-state index in [9.17, 15) is 14.4 Å². The van der Waals surface area contributed by atoms with Crippen LogP contribution in [0.5, 0.6) is 0 Å². The summed E-state index contributed by atoms with van der Waals surface area (Å²) in [4.78, 5) is 37.4. The van der Waals surface area contributed by atoms with Gasteiger partial charge in [-0.05, 0) is 51.4 Å². The summed E-state index contributed by atoms with van der Waals surface area (Å²) >= 11 is 0. The molecule has 0 rings (SSSR count). The van der Waals surface area contributed by atoms with Gasteiger partial charge in [0, 0.05) is 19.3 Å². The normalized spacial score (nSPS) is 12.1. The van der Waals surface area contributed by atoms with Crippen LogP contribution in [-0.2, 0) is 28.6 Å². The average molecular weight is 747 g/mol. The maximum atomic E-state index is 12.6. The molecule has 6 nitrogen and oxygen atoms in total. The Balaban J connectivity index is 4.09. The summed E-state index contributed by atoms with van der Waals surface area (Å²) in [6.45, 7) is 6.52. The van der Waals surface area contributed by atoms with Crippen molar-refractivity contribution < 1.29 is 28.6 Å². The third-order valence-electron chi connectivity index (χ3n) is 9.96. The molecule has 1 atom stereocenters. The Labute approximate surface area is 328 Å². The molecule has 6 heteroatoms. The lowest BCUT2D eigenvalue weighted by Gasteiger charge is -2.18. The van der Waals surface area contributed by atoms with E-state index in [0.717, 1.165) is 70.6 Å². The number of unbranched alkanes of at least 4 members (excludes halogenated alkanes) is 26. The van der Waals surface area contributed by atoms with E-state index in [0.29, 0.717) is 19.3 Å². The molecular formula is C47H86O6. The number of hydrogen-bond acceptors (Lipinski definition) is 6. The minimum Gasteiger partial charge on any atom is -0.462 e. The lowest BCUT2D eigenvalue weighted by molar-refractivity contribution is -0.167. The molecule has 0 aromatic carbocycles. The summed E-state index contributed by atoms with van der Waals surface area (Å²) in [5, 5.41) is 0. The van der Waals surface area contributed by atoms with Crippen LogP contribution in [0.3, 0.4) is 0 Å². The smallest absolute Gasteiger partial charge is 0.306 e. The Morgan fingerprint density at radius 3 is 1.04 bits per heavy atom. The minimum absolute atomic E-state index is 0.0712. The number of ether oxygens (including phenoxy) is 3. The van der Waals surface area contributed by atoms with Gasteiger partial charge in [0.15, 0.2) is 6.10 Å². The van der Waals surface area contributed by atoms with Gasteiger partial charge in [0.05, 0.1) is 0 Å². The van der Waals surface area contributed by atoms with E-state index in [1.807, 2.05) is 0 Å². The fourth-order valence-electron chi connectivity index (χ4n) is 6.47. The first-order valence-electron chi connectivity index (χ1n) is 22.8. The zero-order valence-corrected chi connectivity index (χ0v) is 35.3. The second-order valence-corrected chi connectivity index (χ2v) is 15.3. The Bertz CT molecular complexity index is 865. The molecule has 310 valence electrons. The predicted molar refractivity (Wildman–Crippen MR) is 224 cm³/mol. The molecule has 0 aromatic rings. The molecule has 0 amide bonds. The van der Waals surface area contributed by atoms with Crippen LogP contribution in [-0.4, -0.2) is 37.2 Å². The number of carbonyl (C=O) groups is 3. The fourth-order valence-corrected chi connectivity index (χ4v) is 6.47. The molecule has 0 saturated carbocycles. The molecule has 0 radical (unpaired) electrons. The monoisotopic (exact) mass is 747 g/mol. The van der Waals surface area contributed by atoms with Crippen LogP contribution in [0.25, 0.3) is 0 Å². The number of rotatable bonds is 41. The van der Waals surface area contributed by atoms with Gasteiger partial charge in [-0.2, -0.15) is 0 Å². The number of hydrogen-bond donors (Lipinski definition) is 0. The second kappa shape index (κ2) is 42.6. The molecule has 0 fully saturated rings. The van der Waals surface area contributed by atoms with Crippen molar-refractivity contribution in [2.24, 2.45) is 0 Å².